The summed E-state index contributed by atoms with van der Waals surface area (Å²) in [5.41, 5.74) is 18.0. The number of nitrogens with zero attached hydrogens (tertiary/aromatic N) is 2. The molecule has 25 heteroatoms. The van der Waals surface area contributed by atoms with E-state index in [1.807, 2.05) is 0 Å². The Morgan fingerprint density at radius 2 is 1.23 bits per heavy atom. The molecule has 0 bridgehead atoms. The van der Waals surface area contributed by atoms with Gasteiger partial charge in [0.15, 0.2) is 5.96 Å². The second-order valence-corrected chi connectivity index (χ2v) is 17.5. The molecule has 0 radical (unpaired) electrons. The number of hydrogen-bond donors (Lipinski definition) is 13. The number of guanidine groups is 1. The third kappa shape index (κ3) is 20.3. The lowest BCUT2D eigenvalue weighted by atomic mass is 10.0. The van der Waals surface area contributed by atoms with Crippen molar-refractivity contribution in [1.82, 2.24) is 47.4 Å². The zero-order valence-electron chi connectivity index (χ0n) is 40.0. The Balaban J connectivity index is 1.57. The largest absolute Gasteiger partial charge is 0.480 e. The number of benzene rings is 2. The van der Waals surface area contributed by atoms with Gasteiger partial charge in [-0.1, -0.05) is 74.5 Å². The van der Waals surface area contributed by atoms with Crippen LogP contribution in [-0.4, -0.2) is 156 Å². The Labute approximate surface area is 417 Å². The van der Waals surface area contributed by atoms with E-state index in [0.29, 0.717) is 17.5 Å². The Hall–Kier alpha value is -7.28. The molecule has 24 nitrogen and oxygen atoms in total. The minimum atomic E-state index is -1.30. The molecule has 0 unspecified atom stereocenters. The van der Waals surface area contributed by atoms with Crippen LogP contribution in [0.2, 0.25) is 0 Å². The first kappa shape index (κ1) is 58.0. The van der Waals surface area contributed by atoms with E-state index in [-0.39, 0.29) is 62.8 Å². The van der Waals surface area contributed by atoms with Gasteiger partial charge in [-0.3, -0.25) is 48.1 Å². The van der Waals surface area contributed by atoms with Gasteiger partial charge >= 0.3 is 5.97 Å². The fourth-order valence-electron chi connectivity index (χ4n) is 7.13. The molecule has 71 heavy (non-hydrogen) atoms. The van der Waals surface area contributed by atoms with Gasteiger partial charge in [0.1, 0.15) is 36.3 Å². The molecule has 9 amide bonds. The lowest BCUT2D eigenvalue weighted by molar-refractivity contribution is -0.142. The fraction of sp³-hybridized carbons (Fsp3) is 0.500. The van der Waals surface area contributed by atoms with Gasteiger partial charge in [-0.2, -0.15) is 12.6 Å². The van der Waals surface area contributed by atoms with Crippen molar-refractivity contribution in [3.63, 3.8) is 0 Å². The zero-order chi connectivity index (χ0) is 52.6. The Bertz CT molecular complexity index is 2200. The molecule has 0 aliphatic carbocycles. The average molecular weight is 1010 g/mol. The normalized spacial score (nSPS) is 15.5. The van der Waals surface area contributed by atoms with Crippen LogP contribution in [0.5, 0.6) is 0 Å². The molecule has 1 aliphatic heterocycles. The van der Waals surface area contributed by atoms with Crippen LogP contribution in [0.1, 0.15) is 57.6 Å². The number of thiol groups is 1. The summed E-state index contributed by atoms with van der Waals surface area (Å²) < 4.78 is 0. The molecule has 388 valence electrons. The molecule has 1 saturated heterocycles. The fourth-order valence-corrected chi connectivity index (χ4v) is 7.38. The standard InChI is InChI=1S/C46H67N13O11S/c1-26(2)38(47)43(67)53-24-36(61)54-27(3)39(63)56-30(16-10-18-50-46(48)49)44(68)59-19-11-17-34(59)42(66)58-33(25-71)40(64)52-22-35(60)51-23-37(62)55-31(20-28-12-6-4-7-13-28)41(65)57-32(45(69)70)21-29-14-8-5-9-15-29/h4-9,12-15,26-27,30-34,38,71H,10-11,16-25,47H2,1-3H3,(H,51,60)(H,52,64)(H,53,67)(H,54,61)(H,55,62)(H,56,63)(H,57,65)(H,58,66)(H,69,70)(H4,48,49,50)/t27-,30-,31-,32-,33-,34-,38-/m0/s1. The number of hydrogen-bond acceptors (Lipinski definition) is 13. The van der Waals surface area contributed by atoms with Gasteiger partial charge in [-0.15, -0.1) is 0 Å². The third-order valence-electron chi connectivity index (χ3n) is 11.1. The number of likely N-dealkylation sites (tertiary alicyclic amines) is 1. The first-order valence-corrected chi connectivity index (χ1v) is 23.7. The number of aliphatic carboxylic acids is 1. The number of amides is 9. The highest BCUT2D eigenvalue weighted by molar-refractivity contribution is 7.80. The summed E-state index contributed by atoms with van der Waals surface area (Å²) in [7, 11) is 0. The molecule has 1 heterocycles. The Morgan fingerprint density at radius 1 is 0.676 bits per heavy atom. The highest BCUT2D eigenvalue weighted by atomic mass is 32.1. The number of rotatable bonds is 28. The van der Waals surface area contributed by atoms with E-state index in [0.717, 1.165) is 0 Å². The SMILES string of the molecule is CC(C)[C@H](N)C(=O)NCC(=O)N[C@@H](C)C(=O)N[C@@H](CCCN=C(N)N)C(=O)N1CCC[C@H]1C(=O)N[C@@H](CS)C(=O)NCC(=O)NCC(=O)N[C@@H](Cc1ccccc1)C(=O)N[C@@H](Cc1ccccc1)C(=O)O. The molecule has 0 saturated carbocycles. The Morgan fingerprint density at radius 3 is 1.80 bits per heavy atom. The van der Waals surface area contributed by atoms with Gasteiger partial charge in [-0.25, -0.2) is 4.79 Å². The highest BCUT2D eigenvalue weighted by Gasteiger charge is 2.39. The maximum Gasteiger partial charge on any atom is 0.326 e. The number of aliphatic imine (C=N–C) groups is 1. The molecule has 1 fully saturated rings. The van der Waals surface area contributed by atoms with Crippen LogP contribution in [0.3, 0.4) is 0 Å². The topological polar surface area (TPSA) is 381 Å². The smallest absolute Gasteiger partial charge is 0.326 e. The van der Waals surface area contributed by atoms with Gasteiger partial charge in [0.2, 0.25) is 53.2 Å². The van der Waals surface area contributed by atoms with Crippen molar-refractivity contribution < 1.29 is 53.1 Å². The summed E-state index contributed by atoms with van der Waals surface area (Å²) in [5.74, 6) is -8.31. The molecule has 1 aliphatic rings. The van der Waals surface area contributed by atoms with Crippen LogP contribution in [0.25, 0.3) is 0 Å². The summed E-state index contributed by atoms with van der Waals surface area (Å²) in [5, 5.41) is 29.7. The number of carbonyl (C=O) groups is 10. The number of nitrogens with two attached hydrogens (primary N) is 3. The predicted octanol–water partition coefficient (Wildman–Crippen LogP) is -3.69. The minimum Gasteiger partial charge on any atom is -0.480 e. The van der Waals surface area contributed by atoms with Crippen LogP contribution in [-0.2, 0) is 60.8 Å². The van der Waals surface area contributed by atoms with E-state index in [1.165, 1.54) is 11.8 Å². The maximum absolute atomic E-state index is 14.0. The summed E-state index contributed by atoms with van der Waals surface area (Å²) in [6.45, 7) is 3.41. The van der Waals surface area contributed by atoms with Crippen LogP contribution >= 0.6 is 12.6 Å². The monoisotopic (exact) mass is 1010 g/mol. The second kappa shape index (κ2) is 29.7. The van der Waals surface area contributed by atoms with Gasteiger partial charge in [0.25, 0.3) is 0 Å². The van der Waals surface area contributed by atoms with Crippen molar-refractivity contribution in [2.45, 2.75) is 102 Å². The Kier molecular flexibility index (Phi) is 24.3. The van der Waals surface area contributed by atoms with E-state index in [2.05, 4.69) is 60.2 Å². The lowest BCUT2D eigenvalue weighted by Crippen LogP contribution is -2.58. The predicted molar refractivity (Wildman–Crippen MR) is 264 cm³/mol. The van der Waals surface area contributed by atoms with Crippen LogP contribution < -0.4 is 59.7 Å². The summed E-state index contributed by atoms with van der Waals surface area (Å²) in [6, 6.07) is 9.30. The number of carbonyl (C=O) groups excluding carboxylic acids is 9. The maximum atomic E-state index is 14.0. The zero-order valence-corrected chi connectivity index (χ0v) is 40.9. The van der Waals surface area contributed by atoms with Crippen molar-refractivity contribution in [1.29, 1.82) is 0 Å². The van der Waals surface area contributed by atoms with E-state index >= 15 is 0 Å². The molecule has 0 spiro atoms. The minimum absolute atomic E-state index is 0.00122. The molecular weight excluding hydrogens is 943 g/mol. The second-order valence-electron chi connectivity index (χ2n) is 17.1. The number of nitrogens with one attached hydrogen (secondary N) is 8. The van der Waals surface area contributed by atoms with Crippen molar-refractivity contribution in [3.8, 4) is 0 Å². The van der Waals surface area contributed by atoms with Gasteiger partial charge < -0.3 is 69.7 Å². The molecule has 15 N–H and O–H groups in total. The molecule has 2 aromatic rings. The summed E-state index contributed by atoms with van der Waals surface area (Å²) in [6.07, 6.45) is 0.867. The first-order valence-electron chi connectivity index (χ1n) is 23.1. The van der Waals surface area contributed by atoms with E-state index in [1.54, 1.807) is 74.5 Å². The van der Waals surface area contributed by atoms with Crippen molar-refractivity contribution in [2.75, 3.05) is 38.5 Å². The van der Waals surface area contributed by atoms with Crippen LogP contribution in [0.15, 0.2) is 65.7 Å². The summed E-state index contributed by atoms with van der Waals surface area (Å²) in [4.78, 5) is 135. The van der Waals surface area contributed by atoms with E-state index in [9.17, 15) is 53.1 Å². The molecule has 7 atom stereocenters. The first-order chi connectivity index (χ1) is 33.7. The van der Waals surface area contributed by atoms with Gasteiger partial charge in [-0.05, 0) is 49.7 Å². The number of carboxylic acids is 1. The highest BCUT2D eigenvalue weighted by Crippen LogP contribution is 2.20. The quantitative estimate of drug-likeness (QED) is 0.0169. The molecule has 3 rings (SSSR count). The summed E-state index contributed by atoms with van der Waals surface area (Å²) >= 11 is 4.20. The average Bonchev–Trinajstić information content (AvgIpc) is 3.84. The van der Waals surface area contributed by atoms with Crippen LogP contribution in [0.4, 0.5) is 0 Å². The van der Waals surface area contributed by atoms with Crippen molar-refractivity contribution >= 4 is 77.7 Å². The molecule has 2 aromatic carbocycles. The third-order valence-corrected chi connectivity index (χ3v) is 11.5. The van der Waals surface area contributed by atoms with Crippen molar-refractivity contribution in [2.24, 2.45) is 28.1 Å². The lowest BCUT2D eigenvalue weighted by Gasteiger charge is -2.30. The van der Waals surface area contributed by atoms with E-state index in [4.69, 9.17) is 17.2 Å². The number of carboxylic acid groups (broad SMARTS) is 1. The van der Waals surface area contributed by atoms with Gasteiger partial charge in [0, 0.05) is 31.7 Å². The van der Waals surface area contributed by atoms with Crippen LogP contribution in [0, 0.1) is 5.92 Å². The van der Waals surface area contributed by atoms with Crippen molar-refractivity contribution in [3.05, 3.63) is 71.8 Å². The molecule has 0 aromatic heterocycles. The van der Waals surface area contributed by atoms with E-state index < -0.39 is 121 Å². The molecular formula is C46H67N13O11S. The van der Waals surface area contributed by atoms with Gasteiger partial charge in [0.05, 0.1) is 25.7 Å².